The molecule has 3 rings (SSSR count). The van der Waals surface area contributed by atoms with Gasteiger partial charge in [-0.25, -0.2) is 8.42 Å². The Morgan fingerprint density at radius 3 is 2.69 bits per heavy atom. The molecule has 29 heavy (non-hydrogen) atoms. The van der Waals surface area contributed by atoms with E-state index in [4.69, 9.17) is 5.73 Å². The number of hydrogen-bond donors (Lipinski definition) is 2. The van der Waals surface area contributed by atoms with E-state index in [9.17, 15) is 28.4 Å². The molecule has 0 aliphatic carbocycles. The van der Waals surface area contributed by atoms with Crippen LogP contribution in [-0.4, -0.2) is 41.7 Å². The van der Waals surface area contributed by atoms with Crippen molar-refractivity contribution in [2.24, 2.45) is 10.7 Å². The van der Waals surface area contributed by atoms with Crippen molar-refractivity contribution in [3.8, 4) is 11.9 Å². The van der Waals surface area contributed by atoms with Gasteiger partial charge >= 0.3 is 0 Å². The molecule has 0 spiro atoms. The topological polar surface area (TPSA) is 156 Å². The molecule has 0 bridgehead atoms. The predicted molar refractivity (Wildman–Crippen MR) is 106 cm³/mol. The molecule has 10 heteroatoms. The van der Waals surface area contributed by atoms with Crippen molar-refractivity contribution in [2.75, 3.05) is 11.5 Å². The van der Waals surface area contributed by atoms with Crippen LogP contribution in [0, 0.1) is 18.3 Å². The lowest BCUT2D eigenvalue weighted by Gasteiger charge is -2.18. The third-order valence-corrected chi connectivity index (χ3v) is 6.62. The minimum Gasteiger partial charge on any atom is -0.494 e. The fourth-order valence-electron chi connectivity index (χ4n) is 3.34. The van der Waals surface area contributed by atoms with Gasteiger partial charge in [0.1, 0.15) is 11.6 Å². The van der Waals surface area contributed by atoms with Crippen LogP contribution in [0.4, 0.5) is 5.69 Å². The van der Waals surface area contributed by atoms with E-state index in [2.05, 4.69) is 4.99 Å². The number of pyridine rings is 1. The Labute approximate surface area is 166 Å². The highest BCUT2D eigenvalue weighted by Gasteiger charge is 2.33. The van der Waals surface area contributed by atoms with E-state index in [-0.39, 0.29) is 45.9 Å². The maximum absolute atomic E-state index is 12.7. The Hall–Kier alpha value is -3.45. The first-order valence-corrected chi connectivity index (χ1v) is 10.5. The normalized spacial score (nSPS) is 18.0. The van der Waals surface area contributed by atoms with Gasteiger partial charge in [0.2, 0.25) is 5.88 Å². The lowest BCUT2D eigenvalue weighted by atomic mass is 10.0. The van der Waals surface area contributed by atoms with Gasteiger partial charge < -0.3 is 10.8 Å². The molecule has 1 aliphatic heterocycles. The van der Waals surface area contributed by atoms with Gasteiger partial charge in [0.05, 0.1) is 34.4 Å². The zero-order valence-electron chi connectivity index (χ0n) is 15.5. The number of aromatic hydroxyl groups is 1. The number of carbonyl (C=O) groups is 1. The number of hydrogen-bond acceptors (Lipinski definition) is 7. The molecular weight excluding hydrogens is 396 g/mol. The molecule has 0 radical (unpaired) electrons. The number of nitrogens with zero attached hydrogens (tertiary/aromatic N) is 3. The summed E-state index contributed by atoms with van der Waals surface area (Å²) < 4.78 is 24.6. The molecule has 1 saturated heterocycles. The Morgan fingerprint density at radius 2 is 2.10 bits per heavy atom. The minimum atomic E-state index is -3.33. The van der Waals surface area contributed by atoms with Crippen LogP contribution in [0.25, 0.3) is 0 Å². The molecule has 1 fully saturated rings. The van der Waals surface area contributed by atoms with E-state index < -0.39 is 33.2 Å². The molecule has 9 nitrogen and oxygen atoms in total. The van der Waals surface area contributed by atoms with Crippen molar-refractivity contribution in [3.63, 3.8) is 0 Å². The fraction of sp³-hybridized carbons (Fsp3) is 0.263. The Morgan fingerprint density at radius 1 is 1.41 bits per heavy atom. The van der Waals surface area contributed by atoms with Crippen LogP contribution in [0.15, 0.2) is 34.1 Å². The van der Waals surface area contributed by atoms with Crippen LogP contribution >= 0.6 is 0 Å². The number of sulfone groups is 1. The number of carbonyl (C=O) groups excluding carboxylic acids is 1. The zero-order chi connectivity index (χ0) is 21.3. The second-order valence-corrected chi connectivity index (χ2v) is 8.95. The van der Waals surface area contributed by atoms with Crippen LogP contribution in [0.3, 0.4) is 0 Å². The minimum absolute atomic E-state index is 0.0877. The average molecular weight is 414 g/mol. The largest absolute Gasteiger partial charge is 0.494 e. The molecule has 3 N–H and O–H groups in total. The lowest BCUT2D eigenvalue weighted by Crippen LogP contribution is -2.29. The van der Waals surface area contributed by atoms with Gasteiger partial charge in [0, 0.05) is 6.21 Å². The second kappa shape index (κ2) is 7.52. The van der Waals surface area contributed by atoms with E-state index in [1.807, 2.05) is 6.07 Å². The van der Waals surface area contributed by atoms with E-state index in [0.717, 1.165) is 4.57 Å². The van der Waals surface area contributed by atoms with Gasteiger partial charge in [0.25, 0.3) is 11.5 Å². The molecule has 1 unspecified atom stereocenters. The number of aromatic nitrogens is 1. The van der Waals surface area contributed by atoms with Gasteiger partial charge in [-0.3, -0.25) is 19.1 Å². The summed E-state index contributed by atoms with van der Waals surface area (Å²) in [6, 6.07) is 7.35. The van der Waals surface area contributed by atoms with Crippen molar-refractivity contribution in [1.29, 1.82) is 5.26 Å². The Balaban J connectivity index is 2.18. The van der Waals surface area contributed by atoms with Crippen molar-refractivity contribution >= 4 is 27.6 Å². The van der Waals surface area contributed by atoms with E-state index in [1.165, 1.54) is 19.2 Å². The van der Waals surface area contributed by atoms with Crippen LogP contribution < -0.4 is 11.3 Å². The van der Waals surface area contributed by atoms with E-state index >= 15 is 0 Å². The highest BCUT2D eigenvalue weighted by molar-refractivity contribution is 7.91. The summed E-state index contributed by atoms with van der Waals surface area (Å²) in [5, 5.41) is 20.2. The highest BCUT2D eigenvalue weighted by Crippen LogP contribution is 2.30. The van der Waals surface area contributed by atoms with Crippen molar-refractivity contribution < 1.29 is 18.3 Å². The monoisotopic (exact) mass is 414 g/mol. The van der Waals surface area contributed by atoms with Gasteiger partial charge in [-0.15, -0.1) is 0 Å². The smallest absolute Gasteiger partial charge is 0.271 e. The van der Waals surface area contributed by atoms with Gasteiger partial charge in [-0.1, -0.05) is 12.1 Å². The summed E-state index contributed by atoms with van der Waals surface area (Å²) in [5.74, 6) is -1.56. The molecule has 150 valence electrons. The van der Waals surface area contributed by atoms with Crippen LogP contribution in [0.5, 0.6) is 5.88 Å². The first-order chi connectivity index (χ1) is 13.7. The summed E-state index contributed by atoms with van der Waals surface area (Å²) >= 11 is 0. The number of amides is 1. The molecule has 1 aliphatic rings. The maximum Gasteiger partial charge on any atom is 0.271 e. The zero-order valence-corrected chi connectivity index (χ0v) is 16.3. The summed E-state index contributed by atoms with van der Waals surface area (Å²) in [6.45, 7) is 1.48. The number of benzene rings is 1. The van der Waals surface area contributed by atoms with Crippen LogP contribution in [0.2, 0.25) is 0 Å². The van der Waals surface area contributed by atoms with Crippen LogP contribution in [-0.2, 0) is 9.84 Å². The van der Waals surface area contributed by atoms with Crippen molar-refractivity contribution in [2.45, 2.75) is 19.4 Å². The molecular formula is C19H18N4O5S. The Bertz CT molecular complexity index is 1240. The summed E-state index contributed by atoms with van der Waals surface area (Å²) in [5.41, 5.74) is 5.07. The summed E-state index contributed by atoms with van der Waals surface area (Å²) in [4.78, 5) is 28.4. The highest BCUT2D eigenvalue weighted by atomic mass is 32.2. The molecule has 1 aromatic heterocycles. The van der Waals surface area contributed by atoms with Gasteiger partial charge in [0.15, 0.2) is 9.84 Å². The standard InChI is InChI=1S/C19H18N4O5S/c1-11-14(8-20)18(25)23(12-6-7-29(27,28)10-12)19(26)15(11)9-22-16-5-3-2-4-13(16)17(21)24/h2-5,9,12,26H,6-7,10H2,1H3,(H2,21,24). The predicted octanol–water partition coefficient (Wildman–Crippen LogP) is 0.943. The van der Waals surface area contributed by atoms with Crippen molar-refractivity contribution in [3.05, 3.63) is 56.9 Å². The number of primary amides is 1. The van der Waals surface area contributed by atoms with Crippen molar-refractivity contribution in [1.82, 2.24) is 4.57 Å². The third-order valence-electron chi connectivity index (χ3n) is 4.87. The first-order valence-electron chi connectivity index (χ1n) is 8.67. The molecule has 2 aromatic rings. The number of nitrogens with two attached hydrogens (primary N) is 1. The maximum atomic E-state index is 12.7. The quantitative estimate of drug-likeness (QED) is 0.709. The lowest BCUT2D eigenvalue weighted by molar-refractivity contribution is 0.100. The number of aliphatic imine (C=N–C) groups is 1. The molecule has 2 heterocycles. The SMILES string of the molecule is Cc1c(C=Nc2ccccc2C(N)=O)c(O)n(C2CCS(=O)(=O)C2)c(=O)c1C#N. The molecule has 0 saturated carbocycles. The van der Waals surface area contributed by atoms with Gasteiger partial charge in [-0.05, 0) is 31.0 Å². The summed E-state index contributed by atoms with van der Waals surface area (Å²) in [6.07, 6.45) is 1.39. The van der Waals surface area contributed by atoms with E-state index in [0.29, 0.717) is 0 Å². The number of rotatable bonds is 4. The number of para-hydroxylation sites is 1. The first kappa shape index (κ1) is 20.3. The molecule has 1 atom stereocenters. The van der Waals surface area contributed by atoms with Gasteiger partial charge in [-0.2, -0.15) is 5.26 Å². The van der Waals surface area contributed by atoms with Crippen LogP contribution in [0.1, 0.15) is 39.5 Å². The average Bonchev–Trinajstić information content (AvgIpc) is 3.01. The fourth-order valence-corrected chi connectivity index (χ4v) is 5.04. The molecule has 1 amide bonds. The Kier molecular flexibility index (Phi) is 5.26. The third kappa shape index (κ3) is 3.77. The molecule has 1 aromatic carbocycles. The van der Waals surface area contributed by atoms with E-state index in [1.54, 1.807) is 18.2 Å². The second-order valence-electron chi connectivity index (χ2n) is 6.72. The summed E-state index contributed by atoms with van der Waals surface area (Å²) in [7, 11) is -3.33. The number of nitriles is 1.